The summed E-state index contributed by atoms with van der Waals surface area (Å²) in [5.74, 6) is 1.28. The fourth-order valence-corrected chi connectivity index (χ4v) is 2.89. The topological polar surface area (TPSA) is 26.0 Å². The van der Waals surface area contributed by atoms with E-state index in [0.29, 0.717) is 5.92 Å². The number of allylic oxidation sites excluding steroid dienone is 2. The average molecular weight is 303 g/mol. The zero-order valence-corrected chi connectivity index (χ0v) is 13.8. The zero-order chi connectivity index (χ0) is 16.4. The Morgan fingerprint density at radius 2 is 2.00 bits per heavy atom. The SMILES string of the molecule is C=C/C=C(/c1ccccn1)c1oc2c(C(C)C)cccc2c1C. The quantitative estimate of drug-likeness (QED) is 0.563. The van der Waals surface area contributed by atoms with Crippen LogP contribution in [-0.2, 0) is 0 Å². The number of nitrogens with zero attached hydrogens (tertiary/aromatic N) is 1. The first-order valence-corrected chi connectivity index (χ1v) is 7.90. The molecule has 0 amide bonds. The Morgan fingerprint density at radius 3 is 2.65 bits per heavy atom. The van der Waals surface area contributed by atoms with E-state index in [1.807, 2.05) is 24.3 Å². The van der Waals surface area contributed by atoms with Crippen molar-refractivity contribution in [3.8, 4) is 0 Å². The first-order chi connectivity index (χ1) is 11.1. The molecule has 0 aliphatic heterocycles. The summed E-state index contributed by atoms with van der Waals surface area (Å²) in [6.07, 6.45) is 5.53. The van der Waals surface area contributed by atoms with Gasteiger partial charge in [-0.3, -0.25) is 4.98 Å². The Labute approximate surface area is 137 Å². The van der Waals surface area contributed by atoms with E-state index in [-0.39, 0.29) is 0 Å². The molecule has 23 heavy (non-hydrogen) atoms. The summed E-state index contributed by atoms with van der Waals surface area (Å²) in [5.41, 5.74) is 5.20. The summed E-state index contributed by atoms with van der Waals surface area (Å²) in [4.78, 5) is 4.47. The van der Waals surface area contributed by atoms with Gasteiger partial charge in [-0.2, -0.15) is 0 Å². The molecule has 0 aliphatic carbocycles. The molecule has 3 rings (SSSR count). The van der Waals surface area contributed by atoms with Gasteiger partial charge in [-0.25, -0.2) is 0 Å². The van der Waals surface area contributed by atoms with Crippen molar-refractivity contribution in [3.63, 3.8) is 0 Å². The van der Waals surface area contributed by atoms with E-state index in [2.05, 4.69) is 50.5 Å². The summed E-state index contributed by atoms with van der Waals surface area (Å²) in [7, 11) is 0. The minimum Gasteiger partial charge on any atom is -0.455 e. The Morgan fingerprint density at radius 1 is 1.17 bits per heavy atom. The van der Waals surface area contributed by atoms with Crippen molar-refractivity contribution in [3.05, 3.63) is 83.9 Å². The first-order valence-electron chi connectivity index (χ1n) is 7.90. The molecule has 2 heteroatoms. The van der Waals surface area contributed by atoms with Gasteiger partial charge in [-0.05, 0) is 36.6 Å². The number of aryl methyl sites for hydroxylation is 1. The van der Waals surface area contributed by atoms with Crippen LogP contribution in [0, 0.1) is 6.92 Å². The number of pyridine rings is 1. The largest absolute Gasteiger partial charge is 0.455 e. The molecule has 2 nitrogen and oxygen atoms in total. The Hall–Kier alpha value is -2.61. The number of aromatic nitrogens is 1. The van der Waals surface area contributed by atoms with Gasteiger partial charge >= 0.3 is 0 Å². The van der Waals surface area contributed by atoms with Crippen molar-refractivity contribution in [1.29, 1.82) is 0 Å². The molecule has 2 heterocycles. The number of fused-ring (bicyclic) bond motifs is 1. The molecule has 0 N–H and O–H groups in total. The lowest BCUT2D eigenvalue weighted by Gasteiger charge is -2.05. The maximum absolute atomic E-state index is 6.30. The molecule has 0 saturated heterocycles. The number of benzene rings is 1. The average Bonchev–Trinajstić information content (AvgIpc) is 2.90. The Kier molecular flexibility index (Phi) is 4.16. The highest BCUT2D eigenvalue weighted by Gasteiger charge is 2.19. The van der Waals surface area contributed by atoms with Crippen molar-refractivity contribution < 1.29 is 4.42 Å². The predicted octanol–water partition coefficient (Wildman–Crippen LogP) is 5.88. The maximum atomic E-state index is 6.30. The van der Waals surface area contributed by atoms with Gasteiger partial charge < -0.3 is 4.42 Å². The molecule has 0 radical (unpaired) electrons. The third-order valence-electron chi connectivity index (χ3n) is 4.09. The van der Waals surface area contributed by atoms with Crippen LogP contribution in [0.4, 0.5) is 0 Å². The van der Waals surface area contributed by atoms with Gasteiger partial charge in [0.2, 0.25) is 0 Å². The highest BCUT2D eigenvalue weighted by Crippen LogP contribution is 2.36. The highest BCUT2D eigenvalue weighted by molar-refractivity contribution is 5.91. The molecule has 0 spiro atoms. The van der Waals surface area contributed by atoms with Crippen molar-refractivity contribution in [2.75, 3.05) is 0 Å². The van der Waals surface area contributed by atoms with Crippen LogP contribution in [0.15, 0.2) is 65.7 Å². The maximum Gasteiger partial charge on any atom is 0.140 e. The minimum atomic E-state index is 0.416. The van der Waals surface area contributed by atoms with Crippen LogP contribution in [0.2, 0.25) is 0 Å². The van der Waals surface area contributed by atoms with Crippen LogP contribution in [0.5, 0.6) is 0 Å². The van der Waals surface area contributed by atoms with Gasteiger partial charge in [0.15, 0.2) is 0 Å². The lowest BCUT2D eigenvalue weighted by molar-refractivity contribution is 0.589. The van der Waals surface area contributed by atoms with E-state index in [1.54, 1.807) is 12.3 Å². The number of hydrogen-bond acceptors (Lipinski definition) is 2. The molecule has 1 aromatic carbocycles. The van der Waals surface area contributed by atoms with Crippen LogP contribution in [-0.4, -0.2) is 4.98 Å². The molecule has 0 unspecified atom stereocenters. The molecule has 0 atom stereocenters. The van der Waals surface area contributed by atoms with Crippen LogP contribution in [0.25, 0.3) is 16.5 Å². The van der Waals surface area contributed by atoms with Crippen molar-refractivity contribution in [1.82, 2.24) is 4.98 Å². The highest BCUT2D eigenvalue weighted by atomic mass is 16.3. The van der Waals surface area contributed by atoms with Crippen LogP contribution < -0.4 is 0 Å². The Bertz CT molecular complexity index is 869. The third-order valence-corrected chi connectivity index (χ3v) is 4.09. The molecule has 0 fully saturated rings. The second kappa shape index (κ2) is 6.25. The van der Waals surface area contributed by atoms with Crippen LogP contribution in [0.3, 0.4) is 0 Å². The fourth-order valence-electron chi connectivity index (χ4n) is 2.89. The third kappa shape index (κ3) is 2.72. The summed E-state index contributed by atoms with van der Waals surface area (Å²) in [6.45, 7) is 10.3. The van der Waals surface area contributed by atoms with Crippen molar-refractivity contribution in [2.24, 2.45) is 0 Å². The van der Waals surface area contributed by atoms with E-state index in [9.17, 15) is 0 Å². The molecular formula is C21H21NO. The van der Waals surface area contributed by atoms with Gasteiger partial charge in [0, 0.05) is 22.7 Å². The Balaban J connectivity index is 2.26. The standard InChI is InChI=1S/C21H21NO/c1-5-9-18(19-12-6-7-13-22-19)20-15(4)17-11-8-10-16(14(2)3)21(17)23-20/h5-14H,1H2,2-4H3/b18-9-. The summed E-state index contributed by atoms with van der Waals surface area (Å²) < 4.78 is 6.30. The fraction of sp³-hybridized carbons (Fsp3) is 0.190. The molecule has 2 aromatic heterocycles. The zero-order valence-electron chi connectivity index (χ0n) is 13.8. The molecule has 0 aliphatic rings. The monoisotopic (exact) mass is 303 g/mol. The lowest BCUT2D eigenvalue weighted by atomic mass is 9.99. The normalized spacial score (nSPS) is 12.1. The smallest absolute Gasteiger partial charge is 0.140 e. The van der Waals surface area contributed by atoms with Gasteiger partial charge in [0.05, 0.1) is 5.69 Å². The van der Waals surface area contributed by atoms with Gasteiger partial charge in [0.1, 0.15) is 11.3 Å². The van der Waals surface area contributed by atoms with Crippen LogP contribution in [0.1, 0.15) is 42.3 Å². The van der Waals surface area contributed by atoms with Gasteiger partial charge in [0.25, 0.3) is 0 Å². The number of hydrogen-bond donors (Lipinski definition) is 0. The van der Waals surface area contributed by atoms with Crippen molar-refractivity contribution in [2.45, 2.75) is 26.7 Å². The number of para-hydroxylation sites is 1. The number of furan rings is 1. The lowest BCUT2D eigenvalue weighted by Crippen LogP contribution is -1.91. The summed E-state index contributed by atoms with van der Waals surface area (Å²) >= 11 is 0. The van der Waals surface area contributed by atoms with Crippen molar-refractivity contribution >= 4 is 16.5 Å². The summed E-state index contributed by atoms with van der Waals surface area (Å²) in [6, 6.07) is 12.2. The minimum absolute atomic E-state index is 0.416. The predicted molar refractivity (Wildman–Crippen MR) is 96.6 cm³/mol. The van der Waals surface area contributed by atoms with Gasteiger partial charge in [-0.1, -0.05) is 50.8 Å². The van der Waals surface area contributed by atoms with Crippen LogP contribution >= 0.6 is 0 Å². The van der Waals surface area contributed by atoms with E-state index in [0.717, 1.165) is 33.6 Å². The molecule has 0 saturated carbocycles. The van der Waals surface area contributed by atoms with E-state index >= 15 is 0 Å². The second-order valence-electron chi connectivity index (χ2n) is 5.97. The molecule has 3 aromatic rings. The van der Waals surface area contributed by atoms with E-state index < -0.39 is 0 Å². The molecule has 116 valence electrons. The molecule has 0 bridgehead atoms. The molecular weight excluding hydrogens is 282 g/mol. The number of rotatable bonds is 4. The van der Waals surface area contributed by atoms with E-state index in [4.69, 9.17) is 4.42 Å². The summed E-state index contributed by atoms with van der Waals surface area (Å²) in [5, 5.41) is 1.16. The second-order valence-corrected chi connectivity index (χ2v) is 5.97. The van der Waals surface area contributed by atoms with Gasteiger partial charge in [-0.15, -0.1) is 0 Å². The van der Waals surface area contributed by atoms with E-state index in [1.165, 1.54) is 5.56 Å². The first kappa shape index (κ1) is 15.3.